The molecule has 5 nitrogen and oxygen atoms in total. The van der Waals surface area contributed by atoms with Crippen LogP contribution in [0.15, 0.2) is 10.5 Å². The molecule has 2 heterocycles. The fourth-order valence-corrected chi connectivity index (χ4v) is 3.38. The van der Waals surface area contributed by atoms with Gasteiger partial charge in [0.05, 0.1) is 10.7 Å². The number of nitrogens with zero attached hydrogens (tertiary/aromatic N) is 3. The molecule has 0 saturated carbocycles. The minimum absolute atomic E-state index is 0.219. The molecule has 0 spiro atoms. The third-order valence-electron chi connectivity index (χ3n) is 3.44. The largest absolute Gasteiger partial charge is 0.459 e. The lowest BCUT2D eigenvalue weighted by Crippen LogP contribution is -2.09. The molecule has 0 aliphatic heterocycles. The van der Waals surface area contributed by atoms with Crippen LogP contribution in [0.1, 0.15) is 41.0 Å². The zero-order valence-corrected chi connectivity index (χ0v) is 15.5. The number of hydrogen-bond donors (Lipinski definition) is 0. The molecule has 0 atom stereocenters. The lowest BCUT2D eigenvalue weighted by atomic mass is 10.1. The summed E-state index contributed by atoms with van der Waals surface area (Å²) in [5.41, 5.74) is 3.71. The molecule has 0 N–H and O–H groups in total. The molecule has 0 saturated heterocycles. The van der Waals surface area contributed by atoms with Crippen molar-refractivity contribution in [1.82, 2.24) is 15.0 Å². The van der Waals surface area contributed by atoms with Gasteiger partial charge in [0.25, 0.3) is 0 Å². The van der Waals surface area contributed by atoms with Crippen molar-refractivity contribution in [3.8, 4) is 0 Å². The standard InChI is InChI=1S/C16H21N3O2S2/c1-5-14-19-12(9-23-14)8-21-15(20)7-6-13-10(2)17-16(22-4)18-11(13)3/h9H,5-8H2,1-4H3. The van der Waals surface area contributed by atoms with E-state index >= 15 is 0 Å². The third kappa shape index (κ3) is 5.00. The molecule has 0 unspecified atom stereocenters. The van der Waals surface area contributed by atoms with Crippen molar-refractivity contribution in [2.24, 2.45) is 0 Å². The van der Waals surface area contributed by atoms with Gasteiger partial charge in [0.15, 0.2) is 5.16 Å². The molecule has 7 heteroatoms. The van der Waals surface area contributed by atoms with Crippen LogP contribution in [0.2, 0.25) is 0 Å². The van der Waals surface area contributed by atoms with E-state index in [1.807, 2.05) is 25.5 Å². The zero-order valence-electron chi connectivity index (χ0n) is 13.9. The molecule has 0 aliphatic rings. The lowest BCUT2D eigenvalue weighted by molar-refractivity contribution is -0.145. The average molecular weight is 351 g/mol. The van der Waals surface area contributed by atoms with Crippen molar-refractivity contribution in [3.63, 3.8) is 0 Å². The molecule has 2 aromatic heterocycles. The Balaban J connectivity index is 1.87. The van der Waals surface area contributed by atoms with Crippen LogP contribution >= 0.6 is 23.1 Å². The van der Waals surface area contributed by atoms with E-state index in [-0.39, 0.29) is 12.6 Å². The van der Waals surface area contributed by atoms with Crippen molar-refractivity contribution in [2.75, 3.05) is 6.26 Å². The summed E-state index contributed by atoms with van der Waals surface area (Å²) >= 11 is 3.12. The van der Waals surface area contributed by atoms with Gasteiger partial charge in [-0.2, -0.15) is 0 Å². The highest BCUT2D eigenvalue weighted by atomic mass is 32.2. The molecule has 23 heavy (non-hydrogen) atoms. The summed E-state index contributed by atoms with van der Waals surface area (Å²) in [4.78, 5) is 25.2. The van der Waals surface area contributed by atoms with Crippen molar-refractivity contribution >= 4 is 29.1 Å². The van der Waals surface area contributed by atoms with Gasteiger partial charge in [-0.05, 0) is 38.5 Å². The van der Waals surface area contributed by atoms with Gasteiger partial charge >= 0.3 is 5.97 Å². The topological polar surface area (TPSA) is 65.0 Å². The van der Waals surface area contributed by atoms with E-state index in [2.05, 4.69) is 21.9 Å². The maximum Gasteiger partial charge on any atom is 0.306 e. The normalized spacial score (nSPS) is 10.8. The van der Waals surface area contributed by atoms with Crippen LogP contribution in [-0.4, -0.2) is 27.2 Å². The van der Waals surface area contributed by atoms with Crippen LogP contribution < -0.4 is 0 Å². The third-order valence-corrected chi connectivity index (χ3v) is 5.03. The Kier molecular flexibility index (Phi) is 6.53. The number of hydrogen-bond acceptors (Lipinski definition) is 7. The van der Waals surface area contributed by atoms with Crippen LogP contribution in [0, 0.1) is 13.8 Å². The first-order valence-electron chi connectivity index (χ1n) is 7.50. The predicted molar refractivity (Wildman–Crippen MR) is 92.9 cm³/mol. The van der Waals surface area contributed by atoms with Crippen molar-refractivity contribution < 1.29 is 9.53 Å². The number of carbonyl (C=O) groups is 1. The second kappa shape index (κ2) is 8.40. The Morgan fingerprint density at radius 3 is 2.52 bits per heavy atom. The van der Waals surface area contributed by atoms with Gasteiger partial charge in [-0.25, -0.2) is 15.0 Å². The van der Waals surface area contributed by atoms with Crippen molar-refractivity contribution in [2.45, 2.75) is 51.8 Å². The Bertz CT molecular complexity index is 663. The van der Waals surface area contributed by atoms with Gasteiger partial charge in [0.1, 0.15) is 6.61 Å². The van der Waals surface area contributed by atoms with Gasteiger partial charge in [0.2, 0.25) is 0 Å². The van der Waals surface area contributed by atoms with Crippen LogP contribution in [0.3, 0.4) is 0 Å². The number of esters is 1. The molecular formula is C16H21N3O2S2. The second-order valence-electron chi connectivity index (χ2n) is 5.11. The number of thioether (sulfide) groups is 1. The number of rotatable bonds is 7. The number of ether oxygens (including phenoxy) is 1. The molecule has 0 aliphatic carbocycles. The quantitative estimate of drug-likeness (QED) is 0.432. The molecule has 2 aromatic rings. The van der Waals surface area contributed by atoms with Gasteiger partial charge in [-0.1, -0.05) is 18.7 Å². The van der Waals surface area contributed by atoms with Crippen LogP contribution in [0.4, 0.5) is 0 Å². The zero-order chi connectivity index (χ0) is 16.8. The first-order valence-corrected chi connectivity index (χ1v) is 9.61. The summed E-state index contributed by atoms with van der Waals surface area (Å²) in [6, 6.07) is 0. The fraction of sp³-hybridized carbons (Fsp3) is 0.500. The molecular weight excluding hydrogens is 330 g/mol. The highest BCUT2D eigenvalue weighted by molar-refractivity contribution is 7.98. The first kappa shape index (κ1) is 17.9. The summed E-state index contributed by atoms with van der Waals surface area (Å²) in [5.74, 6) is -0.219. The van der Waals surface area contributed by atoms with Gasteiger partial charge in [0, 0.05) is 23.2 Å². The Hall–Kier alpha value is -1.47. The van der Waals surface area contributed by atoms with E-state index in [4.69, 9.17) is 4.74 Å². The first-order chi connectivity index (χ1) is 11.0. The van der Waals surface area contributed by atoms with E-state index in [0.717, 1.165) is 39.2 Å². The van der Waals surface area contributed by atoms with Crippen molar-refractivity contribution in [1.29, 1.82) is 0 Å². The fourth-order valence-electron chi connectivity index (χ4n) is 2.19. The van der Waals surface area contributed by atoms with E-state index in [9.17, 15) is 4.79 Å². The van der Waals surface area contributed by atoms with Crippen molar-refractivity contribution in [3.05, 3.63) is 33.0 Å². The highest BCUT2D eigenvalue weighted by Gasteiger charge is 2.12. The van der Waals surface area contributed by atoms with Gasteiger partial charge in [-0.3, -0.25) is 4.79 Å². The maximum atomic E-state index is 11.9. The van der Waals surface area contributed by atoms with Gasteiger partial charge in [-0.15, -0.1) is 11.3 Å². The molecule has 0 bridgehead atoms. The van der Waals surface area contributed by atoms with E-state index in [1.165, 1.54) is 11.8 Å². The molecule has 0 amide bonds. The minimum Gasteiger partial charge on any atom is -0.459 e. The average Bonchev–Trinajstić information content (AvgIpc) is 3.00. The summed E-state index contributed by atoms with van der Waals surface area (Å²) in [7, 11) is 0. The molecule has 0 fully saturated rings. The number of thiazole rings is 1. The molecule has 124 valence electrons. The molecule has 2 rings (SSSR count). The number of aromatic nitrogens is 3. The summed E-state index contributed by atoms with van der Waals surface area (Å²) in [6.07, 6.45) is 3.79. The maximum absolute atomic E-state index is 11.9. The van der Waals surface area contributed by atoms with Gasteiger partial charge < -0.3 is 4.74 Å². The monoisotopic (exact) mass is 351 g/mol. The molecule has 0 aromatic carbocycles. The van der Waals surface area contributed by atoms with E-state index in [1.54, 1.807) is 11.3 Å². The predicted octanol–water partition coefficient (Wildman–Crippen LogP) is 3.51. The van der Waals surface area contributed by atoms with E-state index < -0.39 is 0 Å². The van der Waals surface area contributed by atoms with Crippen LogP contribution in [0.25, 0.3) is 0 Å². The SMILES string of the molecule is CCc1nc(COC(=O)CCc2c(C)nc(SC)nc2C)cs1. The Morgan fingerprint density at radius 2 is 1.96 bits per heavy atom. The van der Waals surface area contributed by atoms with E-state index in [0.29, 0.717) is 12.8 Å². The second-order valence-corrected chi connectivity index (χ2v) is 6.82. The number of carbonyl (C=O) groups excluding carboxylic acids is 1. The van der Waals surface area contributed by atoms with Crippen LogP contribution in [0.5, 0.6) is 0 Å². The minimum atomic E-state index is -0.219. The summed E-state index contributed by atoms with van der Waals surface area (Å²) < 4.78 is 5.29. The smallest absolute Gasteiger partial charge is 0.306 e. The summed E-state index contributed by atoms with van der Waals surface area (Å²) in [5, 5.41) is 3.77. The Labute approximate surface area is 144 Å². The van der Waals surface area contributed by atoms with Crippen LogP contribution in [-0.2, 0) is 29.0 Å². The highest BCUT2D eigenvalue weighted by Crippen LogP contribution is 2.17. The molecule has 0 radical (unpaired) electrons. The summed E-state index contributed by atoms with van der Waals surface area (Å²) in [6.45, 7) is 6.21. The Morgan fingerprint density at radius 1 is 1.26 bits per heavy atom. The lowest BCUT2D eigenvalue weighted by Gasteiger charge is -2.09. The number of aryl methyl sites for hydroxylation is 3.